The fourth-order valence-corrected chi connectivity index (χ4v) is 1.18. The van der Waals surface area contributed by atoms with Crippen LogP contribution < -0.4 is 10.1 Å². The quantitative estimate of drug-likeness (QED) is 0.870. The third-order valence-corrected chi connectivity index (χ3v) is 2.13. The molecule has 0 amide bonds. The van der Waals surface area contributed by atoms with Gasteiger partial charge in [-0.2, -0.15) is 18.2 Å². The number of alkyl halides is 3. The van der Waals surface area contributed by atoms with Crippen LogP contribution in [0.2, 0.25) is 5.02 Å². The Kier molecular flexibility index (Phi) is 5.46. The van der Waals surface area contributed by atoms with Crippen molar-refractivity contribution in [3.05, 3.63) is 11.2 Å². The van der Waals surface area contributed by atoms with Gasteiger partial charge in [0.15, 0.2) is 0 Å². The van der Waals surface area contributed by atoms with E-state index in [1.807, 2.05) is 6.92 Å². The second-order valence-electron chi connectivity index (χ2n) is 3.49. The maximum atomic E-state index is 11.9. The summed E-state index contributed by atoms with van der Waals surface area (Å²) in [6, 6.07) is 0. The second kappa shape index (κ2) is 6.63. The molecule has 0 saturated heterocycles. The van der Waals surface area contributed by atoms with E-state index in [1.165, 1.54) is 6.20 Å². The molecule has 0 atom stereocenters. The van der Waals surface area contributed by atoms with E-state index in [0.717, 1.165) is 6.42 Å². The zero-order valence-electron chi connectivity index (χ0n) is 9.72. The summed E-state index contributed by atoms with van der Waals surface area (Å²) in [5, 5.41) is 2.97. The van der Waals surface area contributed by atoms with E-state index < -0.39 is 19.2 Å². The molecule has 0 aliphatic rings. The van der Waals surface area contributed by atoms with Crippen LogP contribution in [-0.2, 0) is 0 Å². The maximum absolute atomic E-state index is 11.9. The van der Waals surface area contributed by atoms with Crippen LogP contribution in [0.1, 0.15) is 19.8 Å². The summed E-state index contributed by atoms with van der Waals surface area (Å²) in [5.74, 6) is 0.234. The molecule has 18 heavy (non-hydrogen) atoms. The third kappa shape index (κ3) is 5.39. The van der Waals surface area contributed by atoms with Crippen molar-refractivity contribution in [1.82, 2.24) is 9.97 Å². The first-order chi connectivity index (χ1) is 8.42. The van der Waals surface area contributed by atoms with Crippen molar-refractivity contribution in [3.8, 4) is 5.88 Å². The van der Waals surface area contributed by atoms with Crippen molar-refractivity contribution >= 4 is 17.5 Å². The number of nitrogens with zero attached hydrogens (tertiary/aromatic N) is 2. The average Bonchev–Trinajstić information content (AvgIpc) is 2.28. The van der Waals surface area contributed by atoms with Crippen LogP contribution in [-0.4, -0.2) is 29.3 Å². The van der Waals surface area contributed by atoms with E-state index in [2.05, 4.69) is 15.3 Å². The van der Waals surface area contributed by atoms with Gasteiger partial charge in [-0.15, -0.1) is 0 Å². The first-order valence-electron chi connectivity index (χ1n) is 5.38. The SMILES string of the molecule is CCCNc1ncc(Cl)c(OCCC(F)(F)F)n1. The minimum atomic E-state index is -4.26. The van der Waals surface area contributed by atoms with Gasteiger partial charge in [-0.05, 0) is 6.42 Å². The number of ether oxygens (including phenoxy) is 1. The number of hydrogen-bond acceptors (Lipinski definition) is 4. The molecule has 0 aliphatic carbocycles. The largest absolute Gasteiger partial charge is 0.476 e. The van der Waals surface area contributed by atoms with Crippen LogP contribution in [0, 0.1) is 0 Å². The molecule has 1 N–H and O–H groups in total. The second-order valence-corrected chi connectivity index (χ2v) is 3.89. The predicted octanol–water partition coefficient (Wildman–Crippen LogP) is 3.28. The molecule has 0 spiro atoms. The first kappa shape index (κ1) is 14.8. The first-order valence-corrected chi connectivity index (χ1v) is 5.76. The number of nitrogens with one attached hydrogen (secondary N) is 1. The number of rotatable bonds is 6. The Labute approximate surface area is 108 Å². The van der Waals surface area contributed by atoms with Crippen molar-refractivity contribution in [1.29, 1.82) is 0 Å². The Balaban J connectivity index is 2.58. The number of anilines is 1. The lowest BCUT2D eigenvalue weighted by atomic mass is 10.4. The van der Waals surface area contributed by atoms with E-state index in [0.29, 0.717) is 6.54 Å². The standard InChI is InChI=1S/C10H13ClF3N3O/c1-2-4-15-9-16-6-7(11)8(17-9)18-5-3-10(12,13)14/h6H,2-5H2,1H3,(H,15,16,17). The molecular formula is C10H13ClF3N3O. The molecule has 8 heteroatoms. The fraction of sp³-hybridized carbons (Fsp3) is 0.600. The Morgan fingerprint density at radius 3 is 2.78 bits per heavy atom. The Bertz CT molecular complexity index is 387. The molecule has 102 valence electrons. The molecule has 1 aromatic rings. The van der Waals surface area contributed by atoms with Gasteiger partial charge in [-0.3, -0.25) is 0 Å². The van der Waals surface area contributed by atoms with Gasteiger partial charge in [0.1, 0.15) is 5.02 Å². The van der Waals surface area contributed by atoms with Crippen LogP contribution in [0.25, 0.3) is 0 Å². The van der Waals surface area contributed by atoms with Crippen LogP contribution in [0.5, 0.6) is 5.88 Å². The highest BCUT2D eigenvalue weighted by atomic mass is 35.5. The summed E-state index contributed by atoms with van der Waals surface area (Å²) in [5.41, 5.74) is 0. The summed E-state index contributed by atoms with van der Waals surface area (Å²) >= 11 is 5.72. The van der Waals surface area contributed by atoms with Crippen LogP contribution in [0.3, 0.4) is 0 Å². The normalized spacial score (nSPS) is 11.4. The van der Waals surface area contributed by atoms with Gasteiger partial charge in [0, 0.05) is 6.54 Å². The summed E-state index contributed by atoms with van der Waals surface area (Å²) in [6.45, 7) is 2.10. The van der Waals surface area contributed by atoms with Gasteiger partial charge < -0.3 is 10.1 Å². The lowest BCUT2D eigenvalue weighted by Gasteiger charge is -2.10. The zero-order chi connectivity index (χ0) is 13.6. The number of aromatic nitrogens is 2. The highest BCUT2D eigenvalue weighted by molar-refractivity contribution is 6.31. The fourth-order valence-electron chi connectivity index (χ4n) is 1.04. The molecule has 0 radical (unpaired) electrons. The Morgan fingerprint density at radius 1 is 1.44 bits per heavy atom. The molecule has 0 bridgehead atoms. The van der Waals surface area contributed by atoms with Crippen molar-refractivity contribution in [2.45, 2.75) is 25.9 Å². The maximum Gasteiger partial charge on any atom is 0.392 e. The van der Waals surface area contributed by atoms with Crippen molar-refractivity contribution in [2.24, 2.45) is 0 Å². The van der Waals surface area contributed by atoms with Crippen molar-refractivity contribution in [3.63, 3.8) is 0 Å². The Morgan fingerprint density at radius 2 is 2.17 bits per heavy atom. The number of halogens is 4. The van der Waals surface area contributed by atoms with E-state index >= 15 is 0 Å². The third-order valence-electron chi connectivity index (χ3n) is 1.87. The molecule has 0 unspecified atom stereocenters. The van der Waals surface area contributed by atoms with Crippen LogP contribution in [0.15, 0.2) is 6.20 Å². The lowest BCUT2D eigenvalue weighted by Crippen LogP contribution is -2.14. The molecule has 0 aromatic carbocycles. The van der Waals surface area contributed by atoms with E-state index in [-0.39, 0.29) is 16.9 Å². The highest BCUT2D eigenvalue weighted by Gasteiger charge is 2.27. The topological polar surface area (TPSA) is 47.0 Å². The van der Waals surface area contributed by atoms with E-state index in [4.69, 9.17) is 16.3 Å². The van der Waals surface area contributed by atoms with Crippen molar-refractivity contribution < 1.29 is 17.9 Å². The van der Waals surface area contributed by atoms with Crippen LogP contribution >= 0.6 is 11.6 Å². The van der Waals surface area contributed by atoms with E-state index in [1.54, 1.807) is 0 Å². The molecular weight excluding hydrogens is 271 g/mol. The van der Waals surface area contributed by atoms with E-state index in [9.17, 15) is 13.2 Å². The predicted molar refractivity (Wildman–Crippen MR) is 62.0 cm³/mol. The minimum Gasteiger partial charge on any atom is -0.476 e. The smallest absolute Gasteiger partial charge is 0.392 e. The minimum absolute atomic E-state index is 0.0467. The van der Waals surface area contributed by atoms with Gasteiger partial charge in [0.25, 0.3) is 0 Å². The molecule has 1 heterocycles. The summed E-state index contributed by atoms with van der Waals surface area (Å²) in [4.78, 5) is 7.76. The Hall–Kier alpha value is -1.24. The molecule has 0 saturated carbocycles. The molecule has 0 aliphatic heterocycles. The van der Waals surface area contributed by atoms with Gasteiger partial charge in [0.2, 0.25) is 11.8 Å². The van der Waals surface area contributed by atoms with Gasteiger partial charge >= 0.3 is 6.18 Å². The van der Waals surface area contributed by atoms with Gasteiger partial charge in [-0.25, -0.2) is 4.98 Å². The monoisotopic (exact) mass is 283 g/mol. The molecule has 0 fully saturated rings. The summed E-state index contributed by atoms with van der Waals surface area (Å²) < 4.78 is 40.7. The van der Waals surface area contributed by atoms with Gasteiger partial charge in [0.05, 0.1) is 19.2 Å². The molecule has 1 rings (SSSR count). The summed E-state index contributed by atoms with van der Waals surface area (Å²) in [7, 11) is 0. The number of hydrogen-bond donors (Lipinski definition) is 1. The molecule has 1 aromatic heterocycles. The van der Waals surface area contributed by atoms with Crippen molar-refractivity contribution in [2.75, 3.05) is 18.5 Å². The highest BCUT2D eigenvalue weighted by Crippen LogP contribution is 2.24. The van der Waals surface area contributed by atoms with Gasteiger partial charge in [-0.1, -0.05) is 18.5 Å². The molecule has 4 nitrogen and oxygen atoms in total. The lowest BCUT2D eigenvalue weighted by molar-refractivity contribution is -0.139. The van der Waals surface area contributed by atoms with Crippen LogP contribution in [0.4, 0.5) is 19.1 Å². The zero-order valence-corrected chi connectivity index (χ0v) is 10.5. The summed E-state index contributed by atoms with van der Waals surface area (Å²) in [6.07, 6.45) is -3.15. The average molecular weight is 284 g/mol.